The normalized spacial score (nSPS) is 19.4. The van der Waals surface area contributed by atoms with Gasteiger partial charge in [0.15, 0.2) is 0 Å². The molecule has 0 heterocycles. The summed E-state index contributed by atoms with van der Waals surface area (Å²) >= 11 is 0. The summed E-state index contributed by atoms with van der Waals surface area (Å²) in [6, 6.07) is 10.0. The highest BCUT2D eigenvalue weighted by Gasteiger charge is 2.31. The molecule has 3 nitrogen and oxygen atoms in total. The van der Waals surface area contributed by atoms with Crippen molar-refractivity contribution >= 4 is 5.91 Å². The molecule has 2 rings (SSSR count). The lowest BCUT2D eigenvalue weighted by molar-refractivity contribution is -0.122. The van der Waals surface area contributed by atoms with Crippen molar-refractivity contribution in [3.05, 3.63) is 35.9 Å². The fourth-order valence-electron chi connectivity index (χ4n) is 2.69. The smallest absolute Gasteiger partial charge is 0.222 e. The van der Waals surface area contributed by atoms with E-state index in [4.69, 9.17) is 5.73 Å². The van der Waals surface area contributed by atoms with Crippen molar-refractivity contribution in [2.75, 3.05) is 0 Å². The molecule has 3 heteroatoms. The van der Waals surface area contributed by atoms with Crippen LogP contribution in [0.5, 0.6) is 0 Å². The van der Waals surface area contributed by atoms with Gasteiger partial charge in [0.05, 0.1) is 6.04 Å². The third-order valence-corrected chi connectivity index (χ3v) is 3.79. The molecular formula is C15H22N2O. The van der Waals surface area contributed by atoms with E-state index in [9.17, 15) is 4.79 Å². The zero-order valence-corrected chi connectivity index (χ0v) is 11.0. The molecule has 0 spiro atoms. The molecule has 1 aliphatic rings. The molecule has 0 radical (unpaired) electrons. The Morgan fingerprint density at radius 1 is 1.33 bits per heavy atom. The van der Waals surface area contributed by atoms with E-state index in [1.54, 1.807) is 0 Å². The van der Waals surface area contributed by atoms with Crippen LogP contribution < -0.4 is 11.1 Å². The van der Waals surface area contributed by atoms with E-state index in [1.807, 2.05) is 37.3 Å². The topological polar surface area (TPSA) is 55.1 Å². The first kappa shape index (κ1) is 13.1. The zero-order valence-electron chi connectivity index (χ0n) is 11.0. The number of hydrogen-bond donors (Lipinski definition) is 2. The summed E-state index contributed by atoms with van der Waals surface area (Å²) in [7, 11) is 0. The summed E-state index contributed by atoms with van der Waals surface area (Å²) in [6.07, 6.45) is 4.69. The van der Waals surface area contributed by atoms with Crippen LogP contribution in [0.3, 0.4) is 0 Å². The van der Waals surface area contributed by atoms with Crippen LogP contribution in [-0.2, 0) is 4.79 Å². The van der Waals surface area contributed by atoms with Crippen LogP contribution in [0.15, 0.2) is 30.3 Å². The van der Waals surface area contributed by atoms with Crippen LogP contribution >= 0.6 is 0 Å². The summed E-state index contributed by atoms with van der Waals surface area (Å²) in [4.78, 5) is 12.0. The summed E-state index contributed by atoms with van der Waals surface area (Å²) in [5.41, 5.74) is 7.08. The van der Waals surface area contributed by atoms with Gasteiger partial charge in [0, 0.05) is 12.0 Å². The SMILES string of the molecule is C[C@H](NC(=O)CC1(N)CCCC1)c1ccccc1. The molecular weight excluding hydrogens is 224 g/mol. The molecule has 1 aromatic carbocycles. The van der Waals surface area contributed by atoms with Crippen molar-refractivity contribution < 1.29 is 4.79 Å². The predicted molar refractivity (Wildman–Crippen MR) is 73.0 cm³/mol. The molecule has 1 fully saturated rings. The molecule has 1 saturated carbocycles. The standard InChI is InChI=1S/C15H22N2O/c1-12(13-7-3-2-4-8-13)17-14(18)11-15(16)9-5-6-10-15/h2-4,7-8,12H,5-6,9-11,16H2,1H3,(H,17,18)/t12-/m0/s1. The molecule has 98 valence electrons. The maximum atomic E-state index is 12.0. The van der Waals surface area contributed by atoms with Crippen molar-refractivity contribution in [1.29, 1.82) is 0 Å². The highest BCUT2D eigenvalue weighted by Crippen LogP contribution is 2.30. The molecule has 18 heavy (non-hydrogen) atoms. The first-order valence-electron chi connectivity index (χ1n) is 6.72. The molecule has 0 saturated heterocycles. The van der Waals surface area contributed by atoms with Crippen LogP contribution in [-0.4, -0.2) is 11.4 Å². The minimum atomic E-state index is -0.263. The number of amides is 1. The summed E-state index contributed by atoms with van der Waals surface area (Å²) in [5, 5.41) is 3.03. The van der Waals surface area contributed by atoms with Gasteiger partial charge < -0.3 is 11.1 Å². The molecule has 1 aromatic rings. The zero-order chi connectivity index (χ0) is 13.0. The van der Waals surface area contributed by atoms with E-state index < -0.39 is 0 Å². The van der Waals surface area contributed by atoms with Gasteiger partial charge in [0.2, 0.25) is 5.91 Å². The molecule has 0 bridgehead atoms. The Hall–Kier alpha value is -1.35. The van der Waals surface area contributed by atoms with Crippen LogP contribution in [0, 0.1) is 0 Å². The monoisotopic (exact) mass is 246 g/mol. The van der Waals surface area contributed by atoms with E-state index in [1.165, 1.54) is 0 Å². The molecule has 0 aromatic heterocycles. The van der Waals surface area contributed by atoms with Gasteiger partial charge in [-0.25, -0.2) is 0 Å². The first-order valence-corrected chi connectivity index (χ1v) is 6.72. The second-order valence-electron chi connectivity index (χ2n) is 5.45. The number of nitrogens with two attached hydrogens (primary N) is 1. The van der Waals surface area contributed by atoms with E-state index in [-0.39, 0.29) is 17.5 Å². The lowest BCUT2D eigenvalue weighted by Gasteiger charge is -2.24. The number of rotatable bonds is 4. The molecule has 0 unspecified atom stereocenters. The Kier molecular flexibility index (Phi) is 4.02. The number of nitrogens with one attached hydrogen (secondary N) is 1. The Morgan fingerprint density at radius 2 is 1.94 bits per heavy atom. The Morgan fingerprint density at radius 3 is 2.56 bits per heavy atom. The van der Waals surface area contributed by atoms with E-state index in [2.05, 4.69) is 5.32 Å². The van der Waals surface area contributed by atoms with Crippen LogP contribution in [0.1, 0.15) is 50.6 Å². The van der Waals surface area contributed by atoms with Gasteiger partial charge in [-0.15, -0.1) is 0 Å². The third kappa shape index (κ3) is 3.33. The molecule has 0 aliphatic heterocycles. The van der Waals surface area contributed by atoms with Crippen molar-refractivity contribution in [1.82, 2.24) is 5.32 Å². The van der Waals surface area contributed by atoms with Crippen LogP contribution in [0.2, 0.25) is 0 Å². The molecule has 1 atom stereocenters. The molecule has 3 N–H and O–H groups in total. The average Bonchev–Trinajstić information content (AvgIpc) is 2.76. The lowest BCUT2D eigenvalue weighted by Crippen LogP contribution is -2.42. The second-order valence-corrected chi connectivity index (χ2v) is 5.45. The fourth-order valence-corrected chi connectivity index (χ4v) is 2.69. The third-order valence-electron chi connectivity index (χ3n) is 3.79. The minimum Gasteiger partial charge on any atom is -0.350 e. The van der Waals surface area contributed by atoms with E-state index in [0.29, 0.717) is 6.42 Å². The number of benzene rings is 1. The highest BCUT2D eigenvalue weighted by atomic mass is 16.1. The molecule has 1 aliphatic carbocycles. The van der Waals surface area contributed by atoms with E-state index >= 15 is 0 Å². The Bertz CT molecular complexity index is 396. The summed E-state index contributed by atoms with van der Waals surface area (Å²) in [5.74, 6) is 0.0655. The Labute approximate surface area is 109 Å². The van der Waals surface area contributed by atoms with Gasteiger partial charge in [-0.3, -0.25) is 4.79 Å². The average molecular weight is 246 g/mol. The van der Waals surface area contributed by atoms with Gasteiger partial charge >= 0.3 is 0 Å². The number of hydrogen-bond acceptors (Lipinski definition) is 2. The quantitative estimate of drug-likeness (QED) is 0.857. The van der Waals surface area contributed by atoms with Gasteiger partial charge in [-0.05, 0) is 25.3 Å². The minimum absolute atomic E-state index is 0.0451. The number of carbonyl (C=O) groups excluding carboxylic acids is 1. The van der Waals surface area contributed by atoms with Crippen LogP contribution in [0.4, 0.5) is 0 Å². The van der Waals surface area contributed by atoms with Gasteiger partial charge in [0.25, 0.3) is 0 Å². The van der Waals surface area contributed by atoms with Gasteiger partial charge in [-0.2, -0.15) is 0 Å². The first-order chi connectivity index (χ1) is 8.59. The van der Waals surface area contributed by atoms with Crippen molar-refractivity contribution in [2.45, 2.75) is 50.6 Å². The summed E-state index contributed by atoms with van der Waals surface area (Å²) in [6.45, 7) is 2.01. The fraction of sp³-hybridized carbons (Fsp3) is 0.533. The maximum Gasteiger partial charge on any atom is 0.222 e. The maximum absolute atomic E-state index is 12.0. The van der Waals surface area contributed by atoms with E-state index in [0.717, 1.165) is 31.2 Å². The van der Waals surface area contributed by atoms with Gasteiger partial charge in [-0.1, -0.05) is 43.2 Å². The molecule has 1 amide bonds. The van der Waals surface area contributed by atoms with Gasteiger partial charge in [0.1, 0.15) is 0 Å². The Balaban J connectivity index is 1.88. The summed E-state index contributed by atoms with van der Waals surface area (Å²) < 4.78 is 0. The van der Waals surface area contributed by atoms with Crippen molar-refractivity contribution in [2.24, 2.45) is 5.73 Å². The number of carbonyl (C=O) groups is 1. The highest BCUT2D eigenvalue weighted by molar-refractivity contribution is 5.77. The largest absolute Gasteiger partial charge is 0.350 e. The predicted octanol–water partition coefficient (Wildman–Crippen LogP) is 2.53. The van der Waals surface area contributed by atoms with Crippen molar-refractivity contribution in [3.8, 4) is 0 Å². The lowest BCUT2D eigenvalue weighted by atomic mass is 9.94. The van der Waals surface area contributed by atoms with Crippen molar-refractivity contribution in [3.63, 3.8) is 0 Å². The van der Waals surface area contributed by atoms with Crippen LogP contribution in [0.25, 0.3) is 0 Å². The second kappa shape index (κ2) is 5.53.